The van der Waals surface area contributed by atoms with Gasteiger partial charge in [0.1, 0.15) is 5.82 Å². The van der Waals surface area contributed by atoms with Crippen LogP contribution >= 0.6 is 0 Å². The van der Waals surface area contributed by atoms with Gasteiger partial charge in [-0.3, -0.25) is 14.7 Å². The molecule has 1 aromatic carbocycles. The van der Waals surface area contributed by atoms with E-state index in [2.05, 4.69) is 30.4 Å². The second-order valence-electron chi connectivity index (χ2n) is 7.57. The Morgan fingerprint density at radius 3 is 2.73 bits per heavy atom. The monoisotopic (exact) mass is 408 g/mol. The van der Waals surface area contributed by atoms with Crippen molar-refractivity contribution in [2.75, 3.05) is 20.2 Å². The number of H-pyrrole nitrogens is 2. The Morgan fingerprint density at radius 1 is 1.23 bits per heavy atom. The molecule has 0 saturated carbocycles. The van der Waals surface area contributed by atoms with Crippen LogP contribution in [0.15, 0.2) is 53.5 Å². The summed E-state index contributed by atoms with van der Waals surface area (Å²) in [5.74, 6) is 0.953. The molecule has 0 aliphatic carbocycles. The van der Waals surface area contributed by atoms with Crippen molar-refractivity contribution >= 4 is 5.91 Å². The van der Waals surface area contributed by atoms with E-state index in [0.29, 0.717) is 37.8 Å². The molecule has 1 amide bonds. The number of likely N-dealkylation sites (tertiary alicyclic amines) is 1. The van der Waals surface area contributed by atoms with E-state index in [4.69, 9.17) is 4.74 Å². The highest BCUT2D eigenvalue weighted by Crippen LogP contribution is 2.36. The summed E-state index contributed by atoms with van der Waals surface area (Å²) in [7, 11) is 1.61. The van der Waals surface area contributed by atoms with Gasteiger partial charge in [-0.25, -0.2) is 14.9 Å². The molecule has 1 aliphatic heterocycles. The van der Waals surface area contributed by atoms with E-state index in [-0.39, 0.29) is 12.5 Å². The zero-order valence-electron chi connectivity index (χ0n) is 16.7. The molecule has 30 heavy (non-hydrogen) atoms. The number of carbonyl (C=O) groups is 1. The quantitative estimate of drug-likeness (QED) is 0.509. The van der Waals surface area contributed by atoms with Crippen LogP contribution in [0.5, 0.6) is 5.88 Å². The van der Waals surface area contributed by atoms with Crippen molar-refractivity contribution in [3.63, 3.8) is 0 Å². The summed E-state index contributed by atoms with van der Waals surface area (Å²) in [5, 5.41) is 9.08. The van der Waals surface area contributed by atoms with Gasteiger partial charge in [0.25, 0.3) is 0 Å². The number of nitrogens with one attached hydrogen (secondary N) is 3. The number of methoxy groups -OCH3 is 1. The molecule has 4 rings (SSSR count). The van der Waals surface area contributed by atoms with Crippen LogP contribution in [0.1, 0.15) is 17.0 Å². The van der Waals surface area contributed by atoms with E-state index >= 15 is 0 Å². The number of carbonyl (C=O) groups excluding carboxylic acids is 1. The number of amides is 1. The first-order chi connectivity index (χ1) is 14.6. The largest absolute Gasteiger partial charge is 0.481 e. The molecule has 0 spiro atoms. The minimum atomic E-state index is -0.548. The normalized spacial score (nSPS) is 15.4. The Labute approximate surface area is 173 Å². The van der Waals surface area contributed by atoms with Gasteiger partial charge in [-0.05, 0) is 18.1 Å². The first-order valence-corrected chi connectivity index (χ1v) is 9.74. The van der Waals surface area contributed by atoms with E-state index in [0.717, 1.165) is 11.1 Å². The van der Waals surface area contributed by atoms with Gasteiger partial charge in [0.2, 0.25) is 11.8 Å². The van der Waals surface area contributed by atoms with Crippen LogP contribution in [0.4, 0.5) is 0 Å². The van der Waals surface area contributed by atoms with Crippen LogP contribution in [0.3, 0.4) is 0 Å². The molecule has 3 aromatic rings. The summed E-state index contributed by atoms with van der Waals surface area (Å²) in [6.45, 7) is 2.06. The fourth-order valence-electron chi connectivity index (χ4n) is 3.95. The highest BCUT2D eigenvalue weighted by molar-refractivity contribution is 5.84. The van der Waals surface area contributed by atoms with Gasteiger partial charge >= 0.3 is 5.69 Å². The summed E-state index contributed by atoms with van der Waals surface area (Å²) < 4.78 is 5.34. The molecule has 3 heterocycles. The first-order valence-electron chi connectivity index (χ1n) is 9.74. The lowest BCUT2D eigenvalue weighted by molar-refractivity contribution is -0.142. The lowest BCUT2D eigenvalue weighted by Crippen LogP contribution is -2.63. The van der Waals surface area contributed by atoms with Crippen LogP contribution in [-0.4, -0.2) is 51.2 Å². The summed E-state index contributed by atoms with van der Waals surface area (Å²) >= 11 is 0. The molecule has 1 fully saturated rings. The maximum Gasteiger partial charge on any atom is 0.340 e. The number of hydrogen-bond donors (Lipinski definition) is 3. The van der Waals surface area contributed by atoms with Crippen molar-refractivity contribution in [3.05, 3.63) is 76.1 Å². The Hall–Kier alpha value is -3.46. The van der Waals surface area contributed by atoms with Crippen LogP contribution in [0.25, 0.3) is 0 Å². The van der Waals surface area contributed by atoms with Crippen LogP contribution < -0.4 is 15.7 Å². The molecular weight excluding hydrogens is 384 g/mol. The van der Waals surface area contributed by atoms with Crippen molar-refractivity contribution < 1.29 is 9.53 Å². The number of ether oxygens (including phenoxy) is 1. The van der Waals surface area contributed by atoms with Gasteiger partial charge < -0.3 is 10.1 Å². The predicted octanol–water partition coefficient (Wildman–Crippen LogP) is 0.863. The van der Waals surface area contributed by atoms with E-state index in [1.54, 1.807) is 13.3 Å². The van der Waals surface area contributed by atoms with Gasteiger partial charge in [0.05, 0.1) is 19.1 Å². The highest BCUT2D eigenvalue weighted by Gasteiger charge is 2.49. The number of hydrogen-bond acceptors (Lipinski definition) is 6. The molecule has 0 unspecified atom stereocenters. The van der Waals surface area contributed by atoms with Gasteiger partial charge in [0, 0.05) is 31.4 Å². The summed E-state index contributed by atoms with van der Waals surface area (Å²) in [4.78, 5) is 33.4. The zero-order valence-corrected chi connectivity index (χ0v) is 16.7. The Balaban J connectivity index is 1.46. The maximum atomic E-state index is 13.1. The molecular formula is C21H24N6O3. The van der Waals surface area contributed by atoms with Crippen molar-refractivity contribution in [2.24, 2.45) is 5.41 Å². The number of benzene rings is 1. The topological polar surface area (TPSA) is 116 Å². The molecule has 9 heteroatoms. The molecule has 9 nitrogen and oxygen atoms in total. The summed E-state index contributed by atoms with van der Waals surface area (Å²) in [6.07, 6.45) is 2.34. The standard InChI is InChI=1S/C21H24N6O3/c1-30-18-16(8-5-9-22-18)12-27-13-21(14-27,10-15-6-3-2-4-7-15)19(28)23-11-17-24-20(29)26-25-17/h2-9H,10-14H2,1H3,(H,23,28)(H2,24,25,26,29). The molecule has 1 aliphatic rings. The zero-order chi connectivity index (χ0) is 21.0. The van der Waals surface area contributed by atoms with Crippen molar-refractivity contribution in [1.82, 2.24) is 30.4 Å². The molecule has 0 atom stereocenters. The van der Waals surface area contributed by atoms with Crippen LogP contribution in [0.2, 0.25) is 0 Å². The fourth-order valence-corrected chi connectivity index (χ4v) is 3.95. The second kappa shape index (κ2) is 8.50. The molecule has 156 valence electrons. The summed E-state index contributed by atoms with van der Waals surface area (Å²) in [6, 6.07) is 13.9. The van der Waals surface area contributed by atoms with E-state index in [9.17, 15) is 9.59 Å². The van der Waals surface area contributed by atoms with Crippen molar-refractivity contribution in [3.8, 4) is 5.88 Å². The number of nitrogens with zero attached hydrogens (tertiary/aromatic N) is 3. The molecule has 3 N–H and O–H groups in total. The first kappa shape index (κ1) is 19.8. The van der Waals surface area contributed by atoms with E-state index < -0.39 is 11.1 Å². The SMILES string of the molecule is COc1ncccc1CN1CC(Cc2ccccc2)(C(=O)NCc2n[nH]c(=O)[nH]2)C1. The van der Waals surface area contributed by atoms with Gasteiger partial charge in [-0.2, -0.15) is 5.10 Å². The third-order valence-electron chi connectivity index (χ3n) is 5.32. The fraction of sp³-hybridized carbons (Fsp3) is 0.333. The molecule has 2 aromatic heterocycles. The lowest BCUT2D eigenvalue weighted by Gasteiger charge is -2.49. The van der Waals surface area contributed by atoms with Gasteiger partial charge in [-0.15, -0.1) is 0 Å². The van der Waals surface area contributed by atoms with Gasteiger partial charge in [-0.1, -0.05) is 36.4 Å². The number of aromatic amines is 2. The van der Waals surface area contributed by atoms with Crippen molar-refractivity contribution in [1.29, 1.82) is 0 Å². The number of rotatable bonds is 8. The third-order valence-corrected chi connectivity index (χ3v) is 5.32. The minimum Gasteiger partial charge on any atom is -0.481 e. The van der Waals surface area contributed by atoms with Gasteiger partial charge in [0.15, 0.2) is 0 Å². The van der Waals surface area contributed by atoms with Crippen molar-refractivity contribution in [2.45, 2.75) is 19.5 Å². The van der Waals surface area contributed by atoms with Crippen LogP contribution in [0, 0.1) is 5.41 Å². The smallest absolute Gasteiger partial charge is 0.340 e. The minimum absolute atomic E-state index is 0.0513. The maximum absolute atomic E-state index is 13.1. The van der Waals surface area contributed by atoms with Crippen LogP contribution in [-0.2, 0) is 24.3 Å². The number of pyridine rings is 1. The Kier molecular flexibility index (Phi) is 5.62. The molecule has 1 saturated heterocycles. The Bertz CT molecular complexity index is 1060. The average Bonchev–Trinajstić information content (AvgIpc) is 3.16. The van der Waals surface area contributed by atoms with E-state index in [1.165, 1.54) is 0 Å². The Morgan fingerprint density at radius 2 is 2.03 bits per heavy atom. The average molecular weight is 408 g/mol. The van der Waals surface area contributed by atoms with E-state index in [1.807, 2.05) is 42.5 Å². The lowest BCUT2D eigenvalue weighted by atomic mass is 9.73. The molecule has 0 bridgehead atoms. The molecule has 0 radical (unpaired) electrons. The second-order valence-corrected chi connectivity index (χ2v) is 7.57. The predicted molar refractivity (Wildman–Crippen MR) is 110 cm³/mol. The highest BCUT2D eigenvalue weighted by atomic mass is 16.5. The third kappa shape index (κ3) is 4.25. The summed E-state index contributed by atoms with van der Waals surface area (Å²) in [5.41, 5.74) is 1.16. The number of aromatic nitrogens is 4.